The van der Waals surface area contributed by atoms with E-state index in [0.29, 0.717) is 12.4 Å². The highest BCUT2D eigenvalue weighted by molar-refractivity contribution is 8.00. The van der Waals surface area contributed by atoms with Gasteiger partial charge in [-0.3, -0.25) is 10.1 Å². The Bertz CT molecular complexity index is 407. The maximum absolute atomic E-state index is 10.8. The first-order chi connectivity index (χ1) is 8.69. The van der Waals surface area contributed by atoms with Crippen molar-refractivity contribution in [2.24, 2.45) is 0 Å². The van der Waals surface area contributed by atoms with Crippen molar-refractivity contribution < 1.29 is 14.6 Å². The third-order valence-corrected chi connectivity index (χ3v) is 4.08. The molecule has 0 aliphatic carbocycles. The van der Waals surface area contributed by atoms with Crippen LogP contribution in [-0.2, 0) is 11.2 Å². The predicted molar refractivity (Wildman–Crippen MR) is 72.1 cm³/mol. The molecule has 1 fully saturated rings. The lowest BCUT2D eigenvalue weighted by atomic mass is 10.2. The molecule has 0 radical (unpaired) electrons. The number of hydrogen-bond donors (Lipinski definition) is 2. The Hall–Kier alpha value is -1.20. The molecule has 1 saturated heterocycles. The van der Waals surface area contributed by atoms with Gasteiger partial charge in [0.1, 0.15) is 18.4 Å². The molecule has 2 rings (SSSR count). The van der Waals surface area contributed by atoms with Gasteiger partial charge in [-0.15, -0.1) is 11.8 Å². The van der Waals surface area contributed by atoms with Gasteiger partial charge in [0.2, 0.25) is 0 Å². The summed E-state index contributed by atoms with van der Waals surface area (Å²) in [5, 5.41) is 11.9. The van der Waals surface area contributed by atoms with Crippen LogP contribution in [0.25, 0.3) is 0 Å². The fraction of sp³-hybridized carbons (Fsp3) is 0.462. The third-order valence-electron chi connectivity index (χ3n) is 2.88. The molecule has 0 saturated carbocycles. The summed E-state index contributed by atoms with van der Waals surface area (Å²) >= 11 is 1.59. The Morgan fingerprint density at radius 2 is 2.22 bits per heavy atom. The fourth-order valence-corrected chi connectivity index (χ4v) is 2.85. The zero-order valence-electron chi connectivity index (χ0n) is 10.3. The van der Waals surface area contributed by atoms with E-state index in [2.05, 4.69) is 12.2 Å². The minimum atomic E-state index is -0.794. The molecule has 0 bridgehead atoms. The van der Waals surface area contributed by atoms with E-state index in [1.165, 1.54) is 5.56 Å². The molecule has 18 heavy (non-hydrogen) atoms. The molecule has 1 aromatic rings. The van der Waals surface area contributed by atoms with Gasteiger partial charge < -0.3 is 9.84 Å². The van der Waals surface area contributed by atoms with E-state index in [4.69, 9.17) is 9.84 Å². The Balaban J connectivity index is 1.79. The van der Waals surface area contributed by atoms with Crippen LogP contribution in [0.3, 0.4) is 0 Å². The van der Waals surface area contributed by atoms with Gasteiger partial charge in [-0.1, -0.05) is 19.1 Å². The smallest absolute Gasteiger partial charge is 0.321 e. The van der Waals surface area contributed by atoms with Crippen LogP contribution in [0.2, 0.25) is 0 Å². The van der Waals surface area contributed by atoms with E-state index in [9.17, 15) is 4.79 Å². The Kier molecular flexibility index (Phi) is 4.49. The molecule has 2 N–H and O–H groups in total. The van der Waals surface area contributed by atoms with Crippen LogP contribution in [0.15, 0.2) is 24.3 Å². The molecular formula is C13H17NO3S. The van der Waals surface area contributed by atoms with Crippen molar-refractivity contribution >= 4 is 17.7 Å². The summed E-state index contributed by atoms with van der Waals surface area (Å²) in [4.78, 5) is 10.8. The first-order valence-corrected chi connectivity index (χ1v) is 7.06. The van der Waals surface area contributed by atoms with E-state index in [0.717, 1.165) is 12.2 Å². The standard InChI is InChI=1S/C13H17NO3S/c1-2-9-3-5-10(6-4-9)17-7-12-14-11(8-18-12)13(15)16/h3-6,11-12,14H,2,7-8H2,1H3,(H,15,16). The number of carbonyl (C=O) groups is 1. The number of hydrogen-bond acceptors (Lipinski definition) is 4. The van der Waals surface area contributed by atoms with E-state index >= 15 is 0 Å². The van der Waals surface area contributed by atoms with E-state index < -0.39 is 12.0 Å². The lowest BCUT2D eigenvalue weighted by Crippen LogP contribution is -2.38. The molecule has 5 heteroatoms. The van der Waals surface area contributed by atoms with Crippen LogP contribution in [0, 0.1) is 0 Å². The van der Waals surface area contributed by atoms with Crippen molar-refractivity contribution in [3.63, 3.8) is 0 Å². The summed E-state index contributed by atoms with van der Waals surface area (Å²) < 4.78 is 5.64. The number of carboxylic acid groups (broad SMARTS) is 1. The van der Waals surface area contributed by atoms with Gasteiger partial charge in [0, 0.05) is 5.75 Å². The SMILES string of the molecule is CCc1ccc(OCC2NC(C(=O)O)CS2)cc1. The summed E-state index contributed by atoms with van der Waals surface area (Å²) in [6, 6.07) is 7.54. The van der Waals surface area contributed by atoms with E-state index in [1.807, 2.05) is 24.3 Å². The number of aryl methyl sites for hydroxylation is 1. The number of aliphatic carboxylic acids is 1. The van der Waals surface area contributed by atoms with Crippen molar-refractivity contribution in [3.05, 3.63) is 29.8 Å². The molecular weight excluding hydrogens is 250 g/mol. The van der Waals surface area contributed by atoms with Crippen LogP contribution in [0.4, 0.5) is 0 Å². The molecule has 0 aromatic heterocycles. The predicted octanol–water partition coefficient (Wildman–Crippen LogP) is 1.74. The molecule has 4 nitrogen and oxygen atoms in total. The molecule has 0 amide bonds. The van der Waals surface area contributed by atoms with Gasteiger partial charge >= 0.3 is 5.97 Å². The Morgan fingerprint density at radius 1 is 1.50 bits per heavy atom. The average molecular weight is 267 g/mol. The molecule has 1 aliphatic heterocycles. The molecule has 1 aromatic carbocycles. The lowest BCUT2D eigenvalue weighted by Gasteiger charge is -2.12. The second-order valence-electron chi connectivity index (χ2n) is 4.19. The topological polar surface area (TPSA) is 58.6 Å². The van der Waals surface area contributed by atoms with Crippen LogP contribution < -0.4 is 10.1 Å². The summed E-state index contributed by atoms with van der Waals surface area (Å²) in [6.07, 6.45) is 1.01. The fourth-order valence-electron chi connectivity index (χ4n) is 1.77. The minimum absolute atomic E-state index is 0.0527. The van der Waals surface area contributed by atoms with Gasteiger partial charge in [0.05, 0.1) is 5.37 Å². The van der Waals surface area contributed by atoms with Gasteiger partial charge in [-0.25, -0.2) is 0 Å². The Labute approximate surface area is 111 Å². The maximum Gasteiger partial charge on any atom is 0.321 e. The summed E-state index contributed by atoms with van der Waals surface area (Å²) in [5.74, 6) is 0.628. The van der Waals surface area contributed by atoms with Crippen LogP contribution >= 0.6 is 11.8 Å². The number of benzene rings is 1. The van der Waals surface area contributed by atoms with Crippen molar-refractivity contribution in [1.29, 1.82) is 0 Å². The van der Waals surface area contributed by atoms with Gasteiger partial charge in [-0.05, 0) is 24.1 Å². The number of carboxylic acids is 1. The van der Waals surface area contributed by atoms with Gasteiger partial charge in [0.25, 0.3) is 0 Å². The summed E-state index contributed by atoms with van der Waals surface area (Å²) in [7, 11) is 0. The number of nitrogens with one attached hydrogen (secondary N) is 1. The first kappa shape index (κ1) is 13.2. The summed E-state index contributed by atoms with van der Waals surface area (Å²) in [6.45, 7) is 2.60. The number of thioether (sulfide) groups is 1. The van der Waals surface area contributed by atoms with Crippen molar-refractivity contribution in [2.45, 2.75) is 24.8 Å². The highest BCUT2D eigenvalue weighted by Crippen LogP contribution is 2.20. The molecule has 2 atom stereocenters. The highest BCUT2D eigenvalue weighted by Gasteiger charge is 2.29. The van der Waals surface area contributed by atoms with Crippen LogP contribution in [0.1, 0.15) is 12.5 Å². The normalized spacial score (nSPS) is 22.9. The Morgan fingerprint density at radius 3 is 2.78 bits per heavy atom. The van der Waals surface area contributed by atoms with E-state index in [1.54, 1.807) is 11.8 Å². The second kappa shape index (κ2) is 6.11. The number of ether oxygens (including phenoxy) is 1. The van der Waals surface area contributed by atoms with Crippen LogP contribution in [-0.4, -0.2) is 34.9 Å². The molecule has 0 spiro atoms. The lowest BCUT2D eigenvalue weighted by molar-refractivity contribution is -0.138. The minimum Gasteiger partial charge on any atom is -0.491 e. The zero-order chi connectivity index (χ0) is 13.0. The van der Waals surface area contributed by atoms with Crippen molar-refractivity contribution in [3.8, 4) is 5.75 Å². The van der Waals surface area contributed by atoms with Crippen molar-refractivity contribution in [1.82, 2.24) is 5.32 Å². The maximum atomic E-state index is 10.8. The molecule has 2 unspecified atom stereocenters. The monoisotopic (exact) mass is 267 g/mol. The van der Waals surface area contributed by atoms with Gasteiger partial charge in [-0.2, -0.15) is 0 Å². The van der Waals surface area contributed by atoms with Crippen molar-refractivity contribution in [2.75, 3.05) is 12.4 Å². The molecule has 1 aliphatic rings. The van der Waals surface area contributed by atoms with Crippen LogP contribution in [0.5, 0.6) is 5.75 Å². The third kappa shape index (κ3) is 3.40. The zero-order valence-corrected chi connectivity index (χ0v) is 11.1. The highest BCUT2D eigenvalue weighted by atomic mass is 32.2. The quantitative estimate of drug-likeness (QED) is 0.851. The van der Waals surface area contributed by atoms with E-state index in [-0.39, 0.29) is 5.37 Å². The largest absolute Gasteiger partial charge is 0.491 e. The molecule has 1 heterocycles. The first-order valence-electron chi connectivity index (χ1n) is 6.01. The average Bonchev–Trinajstić information content (AvgIpc) is 2.86. The second-order valence-corrected chi connectivity index (χ2v) is 5.42. The number of rotatable bonds is 5. The molecule has 98 valence electrons. The summed E-state index contributed by atoms with van der Waals surface area (Å²) in [5.41, 5.74) is 1.28. The van der Waals surface area contributed by atoms with Gasteiger partial charge in [0.15, 0.2) is 0 Å².